The van der Waals surface area contributed by atoms with E-state index in [-0.39, 0.29) is 5.97 Å². The first-order valence-corrected chi connectivity index (χ1v) is 8.59. The monoisotopic (exact) mass is 426 g/mol. The van der Waals surface area contributed by atoms with Crippen LogP contribution in [0, 0.1) is 3.57 Å². The molecule has 1 heterocycles. The van der Waals surface area contributed by atoms with Crippen LogP contribution in [0.3, 0.4) is 0 Å². The zero-order valence-electron chi connectivity index (χ0n) is 12.0. The van der Waals surface area contributed by atoms with Crippen LogP contribution >= 0.6 is 22.6 Å². The second kappa shape index (κ2) is 6.71. The maximum atomic E-state index is 11.7. The van der Waals surface area contributed by atoms with Gasteiger partial charge in [0.05, 0.1) is 29.7 Å². The van der Waals surface area contributed by atoms with Crippen molar-refractivity contribution in [2.24, 2.45) is 14.1 Å². The highest BCUT2D eigenvalue weighted by Crippen LogP contribution is 2.19. The van der Waals surface area contributed by atoms with Crippen LogP contribution in [-0.4, -0.2) is 37.0 Å². The van der Waals surface area contributed by atoms with Gasteiger partial charge >= 0.3 is 11.7 Å². The molecule has 0 aliphatic rings. The van der Waals surface area contributed by atoms with Crippen molar-refractivity contribution in [1.82, 2.24) is 4.68 Å². The first-order chi connectivity index (χ1) is 9.56. The molecule has 1 aromatic carbocycles. The van der Waals surface area contributed by atoms with Crippen LogP contribution in [0.1, 0.15) is 10.5 Å². The molecule has 0 saturated heterocycles. The third-order valence-corrected chi connectivity index (χ3v) is 3.39. The highest BCUT2D eigenvalue weighted by Gasteiger charge is 2.27. The maximum absolute atomic E-state index is 11.7. The van der Waals surface area contributed by atoms with Gasteiger partial charge in [-0.1, -0.05) is 0 Å². The van der Waals surface area contributed by atoms with Crippen molar-refractivity contribution >= 4 is 49.6 Å². The third kappa shape index (κ3) is 4.64. The van der Waals surface area contributed by atoms with E-state index < -0.39 is 10.1 Å². The van der Waals surface area contributed by atoms with Crippen molar-refractivity contribution < 1.29 is 27.2 Å². The van der Waals surface area contributed by atoms with Gasteiger partial charge in [0, 0.05) is 9.83 Å². The standard InChI is InChI=1S/C11H12IN2O2.CH4O3S/c1-13-9-5-4-7(12)6-8(9)10(14(13)2)11(15)16-3;1-5(2,3)4/h4-6H,1-3H3;1H3,(H,2,3,4)/q+1;/p-1. The predicted molar refractivity (Wildman–Crippen MR) is 83.8 cm³/mol. The van der Waals surface area contributed by atoms with Crippen LogP contribution in [0.2, 0.25) is 0 Å². The molecule has 0 atom stereocenters. The number of rotatable bonds is 1. The van der Waals surface area contributed by atoms with Gasteiger partial charge in [0.1, 0.15) is 5.52 Å². The van der Waals surface area contributed by atoms with Crippen LogP contribution in [0.4, 0.5) is 0 Å². The minimum absolute atomic E-state index is 0.310. The molecule has 9 heteroatoms. The van der Waals surface area contributed by atoms with E-state index in [4.69, 9.17) is 17.7 Å². The molecule has 0 N–H and O–H groups in total. The number of ether oxygens (including phenoxy) is 1. The molecule has 0 saturated carbocycles. The molecule has 0 amide bonds. The average Bonchev–Trinajstić information content (AvgIpc) is 2.59. The Balaban J connectivity index is 0.000000383. The Morgan fingerprint density at radius 1 is 1.43 bits per heavy atom. The van der Waals surface area contributed by atoms with Crippen molar-refractivity contribution in [1.29, 1.82) is 0 Å². The lowest BCUT2D eigenvalue weighted by molar-refractivity contribution is -0.750. The molecule has 0 spiro atoms. The zero-order chi connectivity index (χ0) is 16.4. The number of methoxy groups -OCH3 is 1. The molecule has 0 unspecified atom stereocenters. The average molecular weight is 426 g/mol. The fourth-order valence-electron chi connectivity index (χ4n) is 1.80. The van der Waals surface area contributed by atoms with E-state index in [2.05, 4.69) is 22.6 Å². The number of carbonyl (C=O) groups excluding carboxylic acids is 1. The van der Waals surface area contributed by atoms with Gasteiger partial charge in [0.2, 0.25) is 0 Å². The van der Waals surface area contributed by atoms with Crippen LogP contribution in [0.15, 0.2) is 18.2 Å². The first-order valence-electron chi connectivity index (χ1n) is 5.69. The van der Waals surface area contributed by atoms with Crippen molar-refractivity contribution in [2.45, 2.75) is 0 Å². The van der Waals surface area contributed by atoms with Gasteiger partial charge in [-0.05, 0) is 40.8 Å². The molecule has 116 valence electrons. The van der Waals surface area contributed by atoms with Gasteiger partial charge in [-0.2, -0.15) is 4.68 Å². The van der Waals surface area contributed by atoms with Gasteiger partial charge < -0.3 is 9.29 Å². The predicted octanol–water partition coefficient (Wildman–Crippen LogP) is 0.555. The zero-order valence-corrected chi connectivity index (χ0v) is 14.9. The van der Waals surface area contributed by atoms with Gasteiger partial charge in [0.15, 0.2) is 7.05 Å². The van der Waals surface area contributed by atoms with Crippen LogP contribution in [0.5, 0.6) is 0 Å². The topological polar surface area (TPSA) is 92.3 Å². The van der Waals surface area contributed by atoms with E-state index in [1.165, 1.54) is 7.11 Å². The normalized spacial score (nSPS) is 11.0. The van der Waals surface area contributed by atoms with E-state index in [0.29, 0.717) is 11.9 Å². The minimum Gasteiger partial charge on any atom is -0.748 e. The number of nitrogens with zero attached hydrogens (tertiary/aromatic N) is 2. The number of aryl methyl sites for hydroxylation is 1. The molecule has 0 aliphatic heterocycles. The van der Waals surface area contributed by atoms with Gasteiger partial charge in [0.25, 0.3) is 0 Å². The number of carbonyl (C=O) groups is 1. The van der Waals surface area contributed by atoms with Crippen LogP contribution < -0.4 is 4.68 Å². The maximum Gasteiger partial charge on any atom is 0.406 e. The highest BCUT2D eigenvalue weighted by atomic mass is 127. The molecule has 1 aromatic heterocycles. The largest absolute Gasteiger partial charge is 0.748 e. The summed E-state index contributed by atoms with van der Waals surface area (Å²) in [5, 5.41) is 0.920. The number of aromatic nitrogens is 2. The number of hydrogen-bond donors (Lipinski definition) is 0. The fraction of sp³-hybridized carbons (Fsp3) is 0.333. The molecule has 0 radical (unpaired) electrons. The summed E-state index contributed by atoms with van der Waals surface area (Å²) < 4.78 is 36.9. The highest BCUT2D eigenvalue weighted by molar-refractivity contribution is 14.1. The smallest absolute Gasteiger partial charge is 0.406 e. The van der Waals surface area contributed by atoms with Crippen molar-refractivity contribution in [3.63, 3.8) is 0 Å². The summed E-state index contributed by atoms with van der Waals surface area (Å²) in [7, 11) is 1.25. The van der Waals surface area contributed by atoms with E-state index >= 15 is 0 Å². The van der Waals surface area contributed by atoms with Crippen LogP contribution in [0.25, 0.3) is 10.9 Å². The summed E-state index contributed by atoms with van der Waals surface area (Å²) in [5.41, 5.74) is 1.60. The summed E-state index contributed by atoms with van der Waals surface area (Å²) in [5.74, 6) is -0.310. The van der Waals surface area contributed by atoms with E-state index in [9.17, 15) is 4.79 Å². The second-order valence-electron chi connectivity index (χ2n) is 4.25. The lowest BCUT2D eigenvalue weighted by Crippen LogP contribution is -2.42. The van der Waals surface area contributed by atoms with Gasteiger partial charge in [-0.15, -0.1) is 4.68 Å². The Morgan fingerprint density at radius 3 is 2.43 bits per heavy atom. The summed E-state index contributed by atoms with van der Waals surface area (Å²) in [6, 6.07) is 6.01. The Bertz CT molecular complexity index is 775. The van der Waals surface area contributed by atoms with Crippen molar-refractivity contribution in [3.05, 3.63) is 27.5 Å². The van der Waals surface area contributed by atoms with E-state index in [1.807, 2.05) is 37.0 Å². The van der Waals surface area contributed by atoms with Gasteiger partial charge in [-0.3, -0.25) is 0 Å². The fourth-order valence-corrected chi connectivity index (χ4v) is 2.30. The molecule has 2 rings (SSSR count). The molecule has 0 aliphatic carbocycles. The number of benzene rings is 1. The minimum atomic E-state index is -3.92. The molecule has 0 bridgehead atoms. The quantitative estimate of drug-likeness (QED) is 0.288. The SMILES string of the molecule is COC(=O)c1c2cc(I)ccc2n(C)[n+]1C.CS(=O)(=O)[O-]. The lowest BCUT2D eigenvalue weighted by atomic mass is 10.2. The number of esters is 1. The van der Waals surface area contributed by atoms with E-state index in [1.54, 1.807) is 4.68 Å². The molecule has 21 heavy (non-hydrogen) atoms. The molecular formula is C12H15IN2O5S. The Kier molecular flexibility index (Phi) is 5.70. The Morgan fingerprint density at radius 2 is 1.95 bits per heavy atom. The Hall–Kier alpha value is -1.20. The number of hydrogen-bond acceptors (Lipinski definition) is 5. The summed E-state index contributed by atoms with van der Waals surface area (Å²) in [6.07, 6.45) is 0.604. The second-order valence-corrected chi connectivity index (χ2v) is 6.91. The number of halogens is 1. The summed E-state index contributed by atoms with van der Waals surface area (Å²) in [4.78, 5) is 11.7. The molecule has 2 aromatic rings. The lowest BCUT2D eigenvalue weighted by Gasteiger charge is -1.93. The summed E-state index contributed by atoms with van der Waals surface area (Å²) >= 11 is 2.23. The number of fused-ring (bicyclic) bond motifs is 1. The Labute approximate surface area is 136 Å². The molecule has 7 nitrogen and oxygen atoms in total. The van der Waals surface area contributed by atoms with Crippen molar-refractivity contribution in [2.75, 3.05) is 13.4 Å². The molecular weight excluding hydrogens is 411 g/mol. The molecule has 0 fully saturated rings. The van der Waals surface area contributed by atoms with E-state index in [0.717, 1.165) is 14.5 Å². The van der Waals surface area contributed by atoms with Crippen molar-refractivity contribution in [3.8, 4) is 0 Å². The summed E-state index contributed by atoms with van der Waals surface area (Å²) in [6.45, 7) is 0. The van der Waals surface area contributed by atoms with Crippen LogP contribution in [-0.2, 0) is 29.0 Å². The first kappa shape index (κ1) is 17.9. The van der Waals surface area contributed by atoms with Gasteiger partial charge in [-0.25, -0.2) is 13.2 Å². The third-order valence-electron chi connectivity index (χ3n) is 2.71.